The van der Waals surface area contributed by atoms with Gasteiger partial charge in [0.15, 0.2) is 0 Å². The van der Waals surface area contributed by atoms with Crippen molar-refractivity contribution in [3.8, 4) is 0 Å². The molecule has 110 valence electrons. The highest BCUT2D eigenvalue weighted by Gasteiger charge is 2.33. The number of benzene rings is 1. The molecule has 5 heteroatoms. The Morgan fingerprint density at radius 2 is 2.10 bits per heavy atom. The second-order valence-corrected chi connectivity index (χ2v) is 5.27. The predicted octanol–water partition coefficient (Wildman–Crippen LogP) is 1.87. The van der Waals surface area contributed by atoms with Crippen LogP contribution in [-0.2, 0) is 0 Å². The zero-order valence-corrected chi connectivity index (χ0v) is 12.0. The lowest BCUT2D eigenvalue weighted by Crippen LogP contribution is -2.35. The molecule has 0 radical (unpaired) electrons. The van der Waals surface area contributed by atoms with Gasteiger partial charge in [-0.15, -0.1) is 0 Å². The van der Waals surface area contributed by atoms with Crippen molar-refractivity contribution < 1.29 is 9.90 Å². The van der Waals surface area contributed by atoms with Crippen LogP contribution in [-0.4, -0.2) is 47.1 Å². The van der Waals surface area contributed by atoms with E-state index in [9.17, 15) is 9.90 Å². The number of hydrogen-bond acceptors (Lipinski definition) is 4. The molecule has 0 atom stereocenters. The van der Waals surface area contributed by atoms with Gasteiger partial charge in [-0.05, 0) is 18.2 Å². The predicted molar refractivity (Wildman–Crippen MR) is 82.4 cm³/mol. The lowest BCUT2D eigenvalue weighted by molar-refractivity contribution is 0.0709. The molecule has 0 aliphatic heterocycles. The van der Waals surface area contributed by atoms with Gasteiger partial charge in [-0.25, -0.2) is 4.98 Å². The van der Waals surface area contributed by atoms with E-state index in [1.165, 1.54) is 0 Å². The van der Waals surface area contributed by atoms with E-state index in [-0.39, 0.29) is 18.6 Å². The van der Waals surface area contributed by atoms with Crippen LogP contribution in [0.3, 0.4) is 0 Å². The first-order valence-corrected chi connectivity index (χ1v) is 7.23. The number of carbonyl (C=O) groups excluding carboxylic acids is 1. The molecule has 0 unspecified atom stereocenters. The number of carbonyl (C=O) groups is 1. The quantitative estimate of drug-likeness (QED) is 0.880. The van der Waals surface area contributed by atoms with Gasteiger partial charge in [0.05, 0.1) is 12.2 Å². The number of nitrogens with zero attached hydrogens (tertiary/aromatic N) is 2. The zero-order chi connectivity index (χ0) is 14.8. The molecule has 1 heterocycles. The fraction of sp³-hybridized carbons (Fsp3) is 0.375. The molecule has 0 saturated heterocycles. The standard InChI is InChI=1S/C16H19N3O2/c1-17-15-13-5-3-2-4-12(13)14(10-18-15)16(21)19(8-9-20)11-6-7-11/h2-5,10-11,20H,6-9H2,1H3,(H,17,18). The summed E-state index contributed by atoms with van der Waals surface area (Å²) in [6.07, 6.45) is 3.67. The van der Waals surface area contributed by atoms with Crippen molar-refractivity contribution in [2.75, 3.05) is 25.5 Å². The van der Waals surface area contributed by atoms with Crippen molar-refractivity contribution in [1.82, 2.24) is 9.88 Å². The Morgan fingerprint density at radius 1 is 1.38 bits per heavy atom. The normalized spacial score (nSPS) is 14.2. The maximum absolute atomic E-state index is 12.8. The molecule has 3 rings (SSSR count). The lowest BCUT2D eigenvalue weighted by atomic mass is 10.1. The first-order chi connectivity index (χ1) is 10.3. The van der Waals surface area contributed by atoms with Crippen LogP contribution < -0.4 is 5.32 Å². The van der Waals surface area contributed by atoms with Crippen LogP contribution >= 0.6 is 0 Å². The lowest BCUT2D eigenvalue weighted by Gasteiger charge is -2.22. The molecule has 1 aliphatic rings. The van der Waals surface area contributed by atoms with Gasteiger partial charge in [0.25, 0.3) is 5.91 Å². The van der Waals surface area contributed by atoms with Crippen molar-refractivity contribution >= 4 is 22.5 Å². The van der Waals surface area contributed by atoms with Gasteiger partial charge >= 0.3 is 0 Å². The van der Waals surface area contributed by atoms with Gasteiger partial charge in [0, 0.05) is 31.2 Å². The van der Waals surface area contributed by atoms with Crippen LogP contribution in [0.5, 0.6) is 0 Å². The summed E-state index contributed by atoms with van der Waals surface area (Å²) in [5.41, 5.74) is 0.602. The summed E-state index contributed by atoms with van der Waals surface area (Å²) < 4.78 is 0. The second-order valence-electron chi connectivity index (χ2n) is 5.27. The molecule has 1 aromatic carbocycles. The number of aliphatic hydroxyl groups excluding tert-OH is 1. The zero-order valence-electron chi connectivity index (χ0n) is 12.0. The molecule has 0 bridgehead atoms. The Balaban J connectivity index is 2.05. The Hall–Kier alpha value is -2.14. The average Bonchev–Trinajstić information content (AvgIpc) is 3.35. The number of nitrogens with one attached hydrogen (secondary N) is 1. The van der Waals surface area contributed by atoms with Crippen molar-refractivity contribution in [3.05, 3.63) is 36.0 Å². The third-order valence-corrected chi connectivity index (χ3v) is 3.85. The topological polar surface area (TPSA) is 65.5 Å². The van der Waals surface area contributed by atoms with Gasteiger partial charge in [-0.3, -0.25) is 4.79 Å². The van der Waals surface area contributed by atoms with Gasteiger partial charge in [-0.2, -0.15) is 0 Å². The summed E-state index contributed by atoms with van der Waals surface area (Å²) in [5.74, 6) is 0.722. The van der Waals surface area contributed by atoms with Gasteiger partial charge in [-0.1, -0.05) is 24.3 Å². The Bertz CT molecular complexity index is 668. The van der Waals surface area contributed by atoms with E-state index in [4.69, 9.17) is 0 Å². The Labute approximate surface area is 123 Å². The van der Waals surface area contributed by atoms with Gasteiger partial charge in [0.1, 0.15) is 5.82 Å². The van der Waals surface area contributed by atoms with E-state index in [1.807, 2.05) is 31.3 Å². The molecule has 2 aromatic rings. The molecular weight excluding hydrogens is 266 g/mol. The summed E-state index contributed by atoms with van der Waals surface area (Å²) in [4.78, 5) is 18.9. The highest BCUT2D eigenvalue weighted by Crippen LogP contribution is 2.30. The van der Waals surface area contributed by atoms with Crippen LogP contribution in [0.1, 0.15) is 23.2 Å². The smallest absolute Gasteiger partial charge is 0.256 e. The van der Waals surface area contributed by atoms with Crippen LogP contribution in [0.2, 0.25) is 0 Å². The third-order valence-electron chi connectivity index (χ3n) is 3.85. The number of aliphatic hydroxyl groups is 1. The fourth-order valence-electron chi connectivity index (χ4n) is 2.66. The molecule has 1 aromatic heterocycles. The van der Waals surface area contributed by atoms with Crippen molar-refractivity contribution in [1.29, 1.82) is 0 Å². The van der Waals surface area contributed by atoms with E-state index in [0.717, 1.165) is 29.4 Å². The van der Waals surface area contributed by atoms with E-state index in [0.29, 0.717) is 12.1 Å². The molecule has 5 nitrogen and oxygen atoms in total. The van der Waals surface area contributed by atoms with Crippen LogP contribution in [0.4, 0.5) is 5.82 Å². The summed E-state index contributed by atoms with van der Waals surface area (Å²) in [5, 5.41) is 14.1. The maximum atomic E-state index is 12.8. The summed E-state index contributed by atoms with van der Waals surface area (Å²) in [7, 11) is 1.82. The summed E-state index contributed by atoms with van der Waals surface area (Å²) in [6.45, 7) is 0.369. The van der Waals surface area contributed by atoms with Crippen LogP contribution in [0, 0.1) is 0 Å². The molecule has 0 spiro atoms. The van der Waals surface area contributed by atoms with E-state index in [2.05, 4.69) is 10.3 Å². The van der Waals surface area contributed by atoms with E-state index in [1.54, 1.807) is 11.1 Å². The second kappa shape index (κ2) is 5.69. The number of aromatic nitrogens is 1. The van der Waals surface area contributed by atoms with Gasteiger partial charge in [0.2, 0.25) is 0 Å². The Morgan fingerprint density at radius 3 is 2.71 bits per heavy atom. The highest BCUT2D eigenvalue weighted by atomic mass is 16.3. The summed E-state index contributed by atoms with van der Waals surface area (Å²) >= 11 is 0. The average molecular weight is 285 g/mol. The van der Waals surface area contributed by atoms with E-state index >= 15 is 0 Å². The molecule has 1 saturated carbocycles. The number of pyridine rings is 1. The highest BCUT2D eigenvalue weighted by molar-refractivity contribution is 6.09. The maximum Gasteiger partial charge on any atom is 0.256 e. The molecule has 1 amide bonds. The SMILES string of the molecule is CNc1ncc(C(=O)N(CCO)C2CC2)c2ccccc12. The minimum absolute atomic E-state index is 0.0117. The van der Waals surface area contributed by atoms with Crippen molar-refractivity contribution in [3.63, 3.8) is 0 Å². The number of rotatable bonds is 5. The van der Waals surface area contributed by atoms with E-state index < -0.39 is 0 Å². The first-order valence-electron chi connectivity index (χ1n) is 7.23. The molecule has 2 N–H and O–H groups in total. The minimum atomic E-state index is -0.0436. The summed E-state index contributed by atoms with van der Waals surface area (Å²) in [6, 6.07) is 8.03. The molecule has 1 fully saturated rings. The Kier molecular flexibility index (Phi) is 3.75. The molecular formula is C16H19N3O2. The van der Waals surface area contributed by atoms with Crippen LogP contribution in [0.25, 0.3) is 10.8 Å². The van der Waals surface area contributed by atoms with Crippen molar-refractivity contribution in [2.45, 2.75) is 18.9 Å². The van der Waals surface area contributed by atoms with Crippen molar-refractivity contribution in [2.24, 2.45) is 0 Å². The first kappa shape index (κ1) is 13.8. The molecule has 1 aliphatic carbocycles. The monoisotopic (exact) mass is 285 g/mol. The van der Waals surface area contributed by atoms with Crippen LogP contribution in [0.15, 0.2) is 30.5 Å². The number of hydrogen-bond donors (Lipinski definition) is 2. The molecule has 21 heavy (non-hydrogen) atoms. The minimum Gasteiger partial charge on any atom is -0.395 e. The fourth-order valence-corrected chi connectivity index (χ4v) is 2.66. The largest absolute Gasteiger partial charge is 0.395 e. The number of fused-ring (bicyclic) bond motifs is 1. The number of anilines is 1. The number of amides is 1. The van der Waals surface area contributed by atoms with Gasteiger partial charge < -0.3 is 15.3 Å². The third kappa shape index (κ3) is 2.56.